The van der Waals surface area contributed by atoms with E-state index in [0.29, 0.717) is 17.7 Å². The van der Waals surface area contributed by atoms with Crippen molar-refractivity contribution in [3.05, 3.63) is 528 Å². The second-order valence-corrected chi connectivity index (χ2v) is 33.9. The fourth-order valence-electron chi connectivity index (χ4n) is 22.6. The normalized spacial score (nSPS) is 14.3. The zero-order valence-corrected chi connectivity index (χ0v) is 68.6. The number of hydrogen-bond acceptors (Lipinski definition) is 3. The van der Waals surface area contributed by atoms with Crippen LogP contribution in [0.5, 0.6) is 0 Å². The minimum atomic E-state index is -0.785. The molecule has 4 aromatic heterocycles. The molecule has 26 rings (SSSR count). The first-order valence-electron chi connectivity index (χ1n) is 43.5. The first-order chi connectivity index (χ1) is 62.5. The molecule has 0 bridgehead atoms. The maximum Gasteiger partial charge on any atom is 0.240 e. The summed E-state index contributed by atoms with van der Waals surface area (Å²) < 4.78 is 7.23. The topological polar surface area (TPSA) is 53.5 Å². The first-order valence-corrected chi connectivity index (χ1v) is 43.5. The van der Waals surface area contributed by atoms with E-state index in [1.165, 1.54) is 88.7 Å². The van der Waals surface area contributed by atoms with Crippen LogP contribution in [0.25, 0.3) is 161 Å². The van der Waals surface area contributed by atoms with E-state index in [0.717, 1.165) is 122 Å². The van der Waals surface area contributed by atoms with Crippen molar-refractivity contribution >= 4 is 65.4 Å². The average Bonchev–Trinajstić information content (AvgIpc) is 1.53. The summed E-state index contributed by atoms with van der Waals surface area (Å²) in [4.78, 5) is 17.4. The van der Waals surface area contributed by atoms with Gasteiger partial charge in [-0.05, 0) is 177 Å². The van der Waals surface area contributed by atoms with Crippen molar-refractivity contribution < 1.29 is 0 Å². The number of rotatable bonds is 13. The third-order valence-corrected chi connectivity index (χ3v) is 27.7. The summed E-state index contributed by atoms with van der Waals surface area (Å²) in [5.74, 6) is 1.60. The average molecular weight is 1600 g/mol. The molecule has 0 amide bonds. The van der Waals surface area contributed by atoms with Crippen molar-refractivity contribution in [1.82, 2.24) is 28.7 Å². The molecule has 0 N–H and O–H groups in total. The second kappa shape index (κ2) is 27.8. The molecule has 0 spiro atoms. The van der Waals surface area contributed by atoms with Gasteiger partial charge in [-0.25, -0.2) is 0 Å². The summed E-state index contributed by atoms with van der Waals surface area (Å²) in [7, 11) is 0. The highest BCUT2D eigenvalue weighted by Gasteiger charge is 2.51. The Balaban J connectivity index is 0.646. The van der Waals surface area contributed by atoms with Gasteiger partial charge in [0.2, 0.25) is 11.9 Å². The van der Waals surface area contributed by atoms with E-state index >= 15 is 0 Å². The van der Waals surface area contributed by atoms with Gasteiger partial charge in [0.25, 0.3) is 0 Å². The predicted molar refractivity (Wildman–Crippen MR) is 517 cm³/mol. The van der Waals surface area contributed by atoms with Gasteiger partial charge in [0.15, 0.2) is 5.82 Å². The van der Waals surface area contributed by atoms with Gasteiger partial charge in [0.05, 0.1) is 49.3 Å². The first kappa shape index (κ1) is 71.3. The van der Waals surface area contributed by atoms with E-state index in [9.17, 15) is 0 Å². The highest BCUT2D eigenvalue weighted by molar-refractivity contribution is 6.18. The fraction of sp³-hybridized carbons (Fsp3) is 0.0250. The molecular weight excluding hydrogens is 1530 g/mol. The number of nitrogens with zero attached hydrogens (tertiary/aromatic N) is 6. The molecule has 1 atom stereocenters. The van der Waals surface area contributed by atoms with Gasteiger partial charge in [-0.1, -0.05) is 406 Å². The van der Waals surface area contributed by atoms with Crippen LogP contribution in [-0.4, -0.2) is 28.7 Å². The Kier molecular flexibility index (Phi) is 15.7. The molecule has 3 aliphatic rings. The number of benzene rings is 19. The number of hydrogen-bond donors (Lipinski definition) is 0. The van der Waals surface area contributed by atoms with E-state index in [1.54, 1.807) is 0 Å². The van der Waals surface area contributed by atoms with Crippen LogP contribution in [0.15, 0.2) is 461 Å². The van der Waals surface area contributed by atoms with E-state index < -0.39 is 16.2 Å². The molecule has 0 saturated carbocycles. The third-order valence-electron chi connectivity index (χ3n) is 27.7. The number of fused-ring (bicyclic) bond motifs is 20. The van der Waals surface area contributed by atoms with Crippen molar-refractivity contribution in [2.75, 3.05) is 0 Å². The quantitative estimate of drug-likeness (QED) is 0.116. The Morgan fingerprint density at radius 1 is 0.175 bits per heavy atom. The Labute approximate surface area is 728 Å². The van der Waals surface area contributed by atoms with Gasteiger partial charge in [-0.2, -0.15) is 15.0 Å². The van der Waals surface area contributed by atoms with Crippen LogP contribution in [0.1, 0.15) is 66.8 Å². The van der Waals surface area contributed by atoms with Crippen LogP contribution in [0.2, 0.25) is 0 Å². The molecule has 0 fully saturated rings. The third kappa shape index (κ3) is 10.1. The van der Waals surface area contributed by atoms with Gasteiger partial charge in [0.1, 0.15) is 0 Å². The standard InChI is InChI=1S/C120H76N6/c1-8-35-77(36-9-1)82-72-83(74-90(73-82)124-107-60-31-27-54-94(107)100-75-99-91-51-22-28-57-101(91)120(106(99)76-110(100)124,87-47-18-6-19-48-87)88-49-20-7-21-50-88)81-40-34-39-80(71-81)78-63-65-89(66-64-78)119(86-45-16-5-17-46-86)103-59-30-24-56-98(103)112-105(119)70-68-96-93-53-26-33-62-109(93)126(114(96)112)117-122-115(79-37-10-2-11-38-79)121-116(123-117)125-108-61-32-25-52-92(108)95-67-69-104-111(113(95)125)97-55-23-29-58-102(97)118(104,84-41-12-3-13-42-84)85-43-14-4-15-44-85/h1-76H. The zero-order valence-electron chi connectivity index (χ0n) is 68.6. The summed E-state index contributed by atoms with van der Waals surface area (Å²) >= 11 is 0. The maximum atomic E-state index is 5.97. The molecule has 586 valence electrons. The van der Waals surface area contributed by atoms with Gasteiger partial charge in [-0.15, -0.1) is 0 Å². The second-order valence-electron chi connectivity index (χ2n) is 33.9. The molecule has 0 radical (unpaired) electrons. The summed E-state index contributed by atoms with van der Waals surface area (Å²) in [5.41, 5.74) is 34.9. The van der Waals surface area contributed by atoms with Gasteiger partial charge in [0, 0.05) is 54.7 Å². The Hall–Kier alpha value is -16.4. The molecule has 4 heterocycles. The maximum absolute atomic E-state index is 5.97. The van der Waals surface area contributed by atoms with Crippen molar-refractivity contribution in [2.24, 2.45) is 0 Å². The molecular formula is C120H76N6. The summed E-state index contributed by atoms with van der Waals surface area (Å²) in [6.07, 6.45) is 0. The number of aromatic nitrogens is 6. The Morgan fingerprint density at radius 3 is 0.992 bits per heavy atom. The number of para-hydroxylation sites is 3. The van der Waals surface area contributed by atoms with E-state index in [4.69, 9.17) is 15.0 Å². The minimum Gasteiger partial charge on any atom is -0.309 e. The fourth-order valence-corrected chi connectivity index (χ4v) is 22.6. The van der Waals surface area contributed by atoms with Crippen molar-refractivity contribution in [1.29, 1.82) is 0 Å². The van der Waals surface area contributed by atoms with Crippen LogP contribution >= 0.6 is 0 Å². The lowest BCUT2D eigenvalue weighted by Crippen LogP contribution is -2.28. The summed E-state index contributed by atoms with van der Waals surface area (Å²) in [5, 5.41) is 6.86. The SMILES string of the molecule is c1ccc(-c2cc(-c3cccc(-c4ccc(C5(c6ccccc6)c6ccccc6-c6c5ccc5c7ccccc7n(-c7nc(-c8ccccc8)nc(-n8c9ccccc9c9ccc%10c(c98)-c8ccccc8C%10(c8ccccc8)c8ccccc8)n7)c65)cc4)c3)cc(-n3c4ccccc4c4cc5c(cc43)C(c3ccccc3)(c3ccccc3)c3ccccc3-5)c2)cc1. The highest BCUT2D eigenvalue weighted by Crippen LogP contribution is 2.63. The van der Waals surface area contributed by atoms with Crippen LogP contribution in [-0.2, 0) is 16.2 Å². The zero-order chi connectivity index (χ0) is 82.8. The van der Waals surface area contributed by atoms with Gasteiger partial charge < -0.3 is 4.57 Å². The molecule has 19 aromatic carbocycles. The minimum absolute atomic E-state index is 0.514. The smallest absolute Gasteiger partial charge is 0.240 e. The summed E-state index contributed by atoms with van der Waals surface area (Å²) in [6, 6.07) is 171. The van der Waals surface area contributed by atoms with E-state index in [1.807, 2.05) is 0 Å². The molecule has 6 nitrogen and oxygen atoms in total. The summed E-state index contributed by atoms with van der Waals surface area (Å²) in [6.45, 7) is 0. The largest absolute Gasteiger partial charge is 0.309 e. The van der Waals surface area contributed by atoms with Crippen molar-refractivity contribution in [3.63, 3.8) is 0 Å². The van der Waals surface area contributed by atoms with Gasteiger partial charge in [-0.3, -0.25) is 9.13 Å². The monoisotopic (exact) mass is 1600 g/mol. The van der Waals surface area contributed by atoms with E-state index in [2.05, 4.69) is 475 Å². The van der Waals surface area contributed by atoms with E-state index in [-0.39, 0.29) is 0 Å². The van der Waals surface area contributed by atoms with Gasteiger partial charge >= 0.3 is 0 Å². The highest BCUT2D eigenvalue weighted by atomic mass is 15.3. The van der Waals surface area contributed by atoms with Crippen LogP contribution in [0.3, 0.4) is 0 Å². The lowest BCUT2D eigenvalue weighted by atomic mass is 9.67. The van der Waals surface area contributed by atoms with Crippen LogP contribution in [0, 0.1) is 0 Å². The van der Waals surface area contributed by atoms with Crippen molar-refractivity contribution in [2.45, 2.75) is 16.2 Å². The molecule has 23 aromatic rings. The Bertz CT molecular complexity index is 8280. The van der Waals surface area contributed by atoms with Crippen molar-refractivity contribution in [3.8, 4) is 95.7 Å². The predicted octanol–water partition coefficient (Wildman–Crippen LogP) is 28.9. The molecule has 6 heteroatoms. The molecule has 3 aliphatic carbocycles. The van der Waals surface area contributed by atoms with Crippen LogP contribution in [0.4, 0.5) is 0 Å². The molecule has 1 unspecified atom stereocenters. The molecule has 126 heavy (non-hydrogen) atoms. The Morgan fingerprint density at radius 2 is 0.516 bits per heavy atom. The molecule has 0 saturated heterocycles. The lowest BCUT2D eigenvalue weighted by Gasteiger charge is -2.34. The van der Waals surface area contributed by atoms with Crippen LogP contribution < -0.4 is 0 Å². The molecule has 0 aliphatic heterocycles. The lowest BCUT2D eigenvalue weighted by molar-refractivity contribution is 0.769.